The average Bonchev–Trinajstić information content (AvgIpc) is 2.89. The molecule has 0 aromatic heterocycles. The average molecular weight is 502 g/mol. The van der Waals surface area contributed by atoms with Gasteiger partial charge >= 0.3 is 5.97 Å². The molecule has 3 aromatic carbocycles. The Labute approximate surface area is 218 Å². The molecule has 4 rings (SSSR count). The van der Waals surface area contributed by atoms with Crippen molar-refractivity contribution in [2.24, 2.45) is 5.92 Å². The highest BCUT2D eigenvalue weighted by Gasteiger charge is 2.42. The molecule has 3 aromatic rings. The van der Waals surface area contributed by atoms with Crippen LogP contribution in [-0.4, -0.2) is 22.7 Å². The number of ether oxygens (including phenoxy) is 2. The first kappa shape index (κ1) is 26.3. The zero-order valence-electron chi connectivity index (χ0n) is 21.8. The van der Waals surface area contributed by atoms with Gasteiger partial charge in [-0.1, -0.05) is 68.7 Å². The highest BCUT2D eigenvalue weighted by Crippen LogP contribution is 2.33. The van der Waals surface area contributed by atoms with Gasteiger partial charge < -0.3 is 19.9 Å². The number of carboxylic acids is 1. The van der Waals surface area contributed by atoms with Crippen LogP contribution in [-0.2, 0) is 17.8 Å². The van der Waals surface area contributed by atoms with Crippen LogP contribution in [0.25, 0.3) is 0 Å². The predicted octanol–water partition coefficient (Wildman–Crippen LogP) is 6.22. The molecule has 6 heteroatoms. The lowest BCUT2D eigenvalue weighted by Crippen LogP contribution is -2.58. The number of carboxylic acid groups (broad SMARTS) is 1. The monoisotopic (exact) mass is 501 g/mol. The number of rotatable bonds is 11. The lowest BCUT2D eigenvalue weighted by atomic mass is 9.81. The molecule has 0 saturated heterocycles. The molecule has 0 bridgehead atoms. The Morgan fingerprint density at radius 1 is 0.919 bits per heavy atom. The van der Waals surface area contributed by atoms with Gasteiger partial charge in [-0.2, -0.15) is 0 Å². The summed E-state index contributed by atoms with van der Waals surface area (Å²) in [5.74, 6) is 0.139. The van der Waals surface area contributed by atoms with E-state index in [1.165, 1.54) is 24.8 Å². The van der Waals surface area contributed by atoms with E-state index in [-0.39, 0.29) is 6.42 Å². The zero-order chi connectivity index (χ0) is 26.4. The van der Waals surface area contributed by atoms with Crippen molar-refractivity contribution in [2.45, 2.75) is 65.2 Å². The van der Waals surface area contributed by atoms with Crippen molar-refractivity contribution in [1.29, 1.82) is 0 Å². The lowest BCUT2D eigenvalue weighted by molar-refractivity contribution is -0.158. The standard InChI is InChI=1S/C31H35NO5/c1-4-31(30(34)35,32-29(33)26-11-6-5-7-12-26)37-28-18-17-27(21(2)22(28)3)36-20-25-15-13-24(14-16-25)19-23-9-8-10-23/h5-7,11-18,23H,4,8-10,19-20H2,1-3H3,(H,32,33)(H,34,35). The minimum absolute atomic E-state index is 0.0361. The molecule has 0 heterocycles. The van der Waals surface area contributed by atoms with E-state index in [0.717, 1.165) is 29.0 Å². The number of carbonyl (C=O) groups excluding carboxylic acids is 1. The molecule has 1 amide bonds. The summed E-state index contributed by atoms with van der Waals surface area (Å²) in [7, 11) is 0. The molecular weight excluding hydrogens is 466 g/mol. The van der Waals surface area contributed by atoms with E-state index in [4.69, 9.17) is 9.47 Å². The molecule has 37 heavy (non-hydrogen) atoms. The van der Waals surface area contributed by atoms with Crippen LogP contribution in [0.3, 0.4) is 0 Å². The maximum absolute atomic E-state index is 12.8. The molecule has 0 radical (unpaired) electrons. The van der Waals surface area contributed by atoms with Gasteiger partial charge in [0.1, 0.15) is 18.1 Å². The first-order chi connectivity index (χ1) is 17.8. The van der Waals surface area contributed by atoms with Gasteiger partial charge in [-0.05, 0) is 72.7 Å². The van der Waals surface area contributed by atoms with Crippen LogP contribution in [0.1, 0.15) is 65.2 Å². The number of hydrogen-bond donors (Lipinski definition) is 2. The van der Waals surface area contributed by atoms with E-state index in [1.54, 1.807) is 49.4 Å². The normalized spacial score (nSPS) is 14.8. The van der Waals surface area contributed by atoms with Crippen LogP contribution in [0.2, 0.25) is 0 Å². The van der Waals surface area contributed by atoms with Gasteiger partial charge in [0, 0.05) is 12.0 Å². The van der Waals surface area contributed by atoms with Gasteiger partial charge in [-0.15, -0.1) is 0 Å². The minimum Gasteiger partial charge on any atom is -0.489 e. The van der Waals surface area contributed by atoms with Crippen molar-refractivity contribution in [2.75, 3.05) is 0 Å². The molecule has 1 aliphatic carbocycles. The summed E-state index contributed by atoms with van der Waals surface area (Å²) < 4.78 is 12.1. The minimum atomic E-state index is -1.91. The van der Waals surface area contributed by atoms with Crippen molar-refractivity contribution >= 4 is 11.9 Å². The molecule has 1 unspecified atom stereocenters. The van der Waals surface area contributed by atoms with Crippen molar-refractivity contribution < 1.29 is 24.2 Å². The van der Waals surface area contributed by atoms with Gasteiger partial charge in [0.25, 0.3) is 11.6 Å². The van der Waals surface area contributed by atoms with Crippen LogP contribution in [0.5, 0.6) is 11.5 Å². The van der Waals surface area contributed by atoms with Crippen LogP contribution >= 0.6 is 0 Å². The summed E-state index contributed by atoms with van der Waals surface area (Å²) in [6.07, 6.45) is 5.23. The van der Waals surface area contributed by atoms with Crippen LogP contribution in [0.15, 0.2) is 66.7 Å². The van der Waals surface area contributed by atoms with E-state index < -0.39 is 17.6 Å². The fourth-order valence-corrected chi connectivity index (χ4v) is 4.47. The number of hydrogen-bond acceptors (Lipinski definition) is 4. The first-order valence-electron chi connectivity index (χ1n) is 12.9. The topological polar surface area (TPSA) is 84.9 Å². The zero-order valence-corrected chi connectivity index (χ0v) is 21.8. The van der Waals surface area contributed by atoms with Crippen molar-refractivity contribution in [3.05, 3.63) is 94.5 Å². The van der Waals surface area contributed by atoms with Crippen molar-refractivity contribution in [3.8, 4) is 11.5 Å². The highest BCUT2D eigenvalue weighted by atomic mass is 16.5. The molecule has 2 N–H and O–H groups in total. The van der Waals surface area contributed by atoms with E-state index in [9.17, 15) is 14.7 Å². The largest absolute Gasteiger partial charge is 0.489 e. The molecule has 1 atom stereocenters. The fraction of sp³-hybridized carbons (Fsp3) is 0.355. The molecule has 194 valence electrons. The summed E-state index contributed by atoms with van der Waals surface area (Å²) in [5.41, 5.74) is 2.52. The second-order valence-electron chi connectivity index (χ2n) is 9.83. The third-order valence-electron chi connectivity index (χ3n) is 7.33. The summed E-state index contributed by atoms with van der Waals surface area (Å²) in [6, 6.07) is 20.6. The molecule has 1 aliphatic rings. The highest BCUT2D eigenvalue weighted by molar-refractivity contribution is 5.97. The van der Waals surface area contributed by atoms with Crippen LogP contribution in [0.4, 0.5) is 0 Å². The molecule has 0 aliphatic heterocycles. The Balaban J connectivity index is 1.45. The number of benzene rings is 3. The Morgan fingerprint density at radius 2 is 1.54 bits per heavy atom. The van der Waals surface area contributed by atoms with Crippen molar-refractivity contribution in [1.82, 2.24) is 5.32 Å². The molecular formula is C31H35NO5. The third-order valence-corrected chi connectivity index (χ3v) is 7.33. The van der Waals surface area contributed by atoms with E-state index in [0.29, 0.717) is 23.7 Å². The van der Waals surface area contributed by atoms with Gasteiger partial charge in [0.05, 0.1) is 0 Å². The van der Waals surface area contributed by atoms with E-state index in [1.807, 2.05) is 13.8 Å². The summed E-state index contributed by atoms with van der Waals surface area (Å²) in [6.45, 7) is 5.87. The maximum atomic E-state index is 12.8. The predicted molar refractivity (Wildman–Crippen MR) is 143 cm³/mol. The lowest BCUT2D eigenvalue weighted by Gasteiger charge is -2.31. The second-order valence-corrected chi connectivity index (χ2v) is 9.83. The summed E-state index contributed by atoms with van der Waals surface area (Å²) in [4.78, 5) is 25.0. The van der Waals surface area contributed by atoms with Crippen molar-refractivity contribution in [3.63, 3.8) is 0 Å². The van der Waals surface area contributed by atoms with Gasteiger partial charge in [0.2, 0.25) is 0 Å². The van der Waals surface area contributed by atoms with Gasteiger partial charge in [0.15, 0.2) is 0 Å². The number of nitrogens with one attached hydrogen (secondary N) is 1. The number of amides is 1. The summed E-state index contributed by atoms with van der Waals surface area (Å²) in [5, 5.41) is 12.6. The molecule has 6 nitrogen and oxygen atoms in total. The maximum Gasteiger partial charge on any atom is 0.370 e. The summed E-state index contributed by atoms with van der Waals surface area (Å²) >= 11 is 0. The number of carbonyl (C=O) groups is 2. The van der Waals surface area contributed by atoms with E-state index >= 15 is 0 Å². The van der Waals surface area contributed by atoms with E-state index in [2.05, 4.69) is 29.6 Å². The Kier molecular flexibility index (Phi) is 8.17. The Morgan fingerprint density at radius 3 is 2.14 bits per heavy atom. The smallest absolute Gasteiger partial charge is 0.370 e. The van der Waals surface area contributed by atoms with Gasteiger partial charge in [-0.25, -0.2) is 4.79 Å². The Bertz CT molecular complexity index is 1230. The van der Waals surface area contributed by atoms with Gasteiger partial charge in [-0.3, -0.25) is 4.79 Å². The van der Waals surface area contributed by atoms with Crippen LogP contribution < -0.4 is 14.8 Å². The number of aliphatic carboxylic acids is 1. The quantitative estimate of drug-likeness (QED) is 0.305. The molecule has 1 saturated carbocycles. The van der Waals surface area contributed by atoms with Crippen LogP contribution in [0, 0.1) is 19.8 Å². The first-order valence-corrected chi connectivity index (χ1v) is 12.9. The third kappa shape index (κ3) is 6.13. The molecule has 0 spiro atoms. The SMILES string of the molecule is CCC(NC(=O)c1ccccc1)(Oc1ccc(OCc2ccc(CC3CCC3)cc2)c(C)c1C)C(=O)O. The second kappa shape index (κ2) is 11.5. The Hall–Kier alpha value is -3.80. The molecule has 1 fully saturated rings. The fourth-order valence-electron chi connectivity index (χ4n) is 4.47.